The Balaban J connectivity index is 2.23. The second kappa shape index (κ2) is 6.11. The zero-order valence-corrected chi connectivity index (χ0v) is 11.4. The Kier molecular flexibility index (Phi) is 4.49. The van der Waals surface area contributed by atoms with Crippen LogP contribution in [0.5, 0.6) is 0 Å². The minimum atomic E-state index is -0.0306. The zero-order chi connectivity index (χ0) is 13.0. The summed E-state index contributed by atoms with van der Waals surface area (Å²) in [6.45, 7) is 0.869. The smallest absolute Gasteiger partial charge is 0.135 e. The Morgan fingerprint density at radius 1 is 1.39 bits per heavy atom. The van der Waals surface area contributed by atoms with Crippen molar-refractivity contribution in [2.24, 2.45) is 0 Å². The number of fused-ring (bicyclic) bond motifs is 1. The van der Waals surface area contributed by atoms with Gasteiger partial charge >= 0.3 is 0 Å². The Hall–Kier alpha value is -1.20. The van der Waals surface area contributed by atoms with Gasteiger partial charge < -0.3 is 15.4 Å². The fraction of sp³-hybridized carbons (Fsp3) is 0.462. The van der Waals surface area contributed by atoms with Crippen molar-refractivity contribution < 1.29 is 5.11 Å². The highest BCUT2D eigenvalue weighted by Gasteiger charge is 2.09. The molecule has 0 atom stereocenters. The first kappa shape index (κ1) is 13.2. The minimum absolute atomic E-state index is 0.0306. The van der Waals surface area contributed by atoms with E-state index in [0.717, 1.165) is 29.8 Å². The molecule has 98 valence electrons. The summed E-state index contributed by atoms with van der Waals surface area (Å²) in [4.78, 5) is 4.42. The van der Waals surface area contributed by atoms with Gasteiger partial charge in [-0.1, -0.05) is 0 Å². The molecule has 18 heavy (non-hydrogen) atoms. The molecule has 0 saturated carbocycles. The van der Waals surface area contributed by atoms with Gasteiger partial charge in [0.25, 0.3) is 0 Å². The van der Waals surface area contributed by atoms with Gasteiger partial charge in [0, 0.05) is 12.2 Å². The third kappa shape index (κ3) is 2.79. The highest BCUT2D eigenvalue weighted by Crippen LogP contribution is 2.20. The number of nitrogens with zero attached hydrogens (tertiary/aromatic N) is 2. The number of benzene rings is 1. The molecule has 5 heteroatoms. The van der Waals surface area contributed by atoms with Gasteiger partial charge in [0.1, 0.15) is 12.4 Å². The number of nitrogen functional groups attached to an aromatic ring is 1. The van der Waals surface area contributed by atoms with Crippen LogP contribution in [0.15, 0.2) is 18.2 Å². The van der Waals surface area contributed by atoms with Crippen LogP contribution < -0.4 is 5.73 Å². The van der Waals surface area contributed by atoms with Gasteiger partial charge in [0.15, 0.2) is 0 Å². The molecule has 0 aliphatic rings. The lowest BCUT2D eigenvalue weighted by atomic mass is 10.2. The van der Waals surface area contributed by atoms with E-state index in [9.17, 15) is 5.11 Å². The third-order valence-corrected chi connectivity index (χ3v) is 3.67. The molecular weight excluding hydrogens is 246 g/mol. The van der Waals surface area contributed by atoms with Crippen molar-refractivity contribution in [3.05, 3.63) is 24.0 Å². The summed E-state index contributed by atoms with van der Waals surface area (Å²) in [5.74, 6) is 1.90. The van der Waals surface area contributed by atoms with Crippen LogP contribution in [0.25, 0.3) is 11.0 Å². The van der Waals surface area contributed by atoms with E-state index in [4.69, 9.17) is 5.73 Å². The van der Waals surface area contributed by atoms with E-state index in [1.807, 2.05) is 30.0 Å². The second-order valence-corrected chi connectivity index (χ2v) is 5.27. The van der Waals surface area contributed by atoms with Gasteiger partial charge in [0.05, 0.1) is 11.0 Å². The molecule has 0 aliphatic carbocycles. The van der Waals surface area contributed by atoms with Crippen molar-refractivity contribution in [2.45, 2.75) is 26.0 Å². The molecule has 0 spiro atoms. The summed E-state index contributed by atoms with van der Waals surface area (Å²) >= 11 is 1.86. The first-order valence-corrected chi connectivity index (χ1v) is 7.50. The quantitative estimate of drug-likeness (QED) is 0.621. The Labute approximate surface area is 111 Å². The van der Waals surface area contributed by atoms with Crippen LogP contribution in [0.2, 0.25) is 0 Å². The van der Waals surface area contributed by atoms with Crippen molar-refractivity contribution in [2.75, 3.05) is 17.7 Å². The van der Waals surface area contributed by atoms with Crippen LogP contribution in [0.3, 0.4) is 0 Å². The van der Waals surface area contributed by atoms with Crippen molar-refractivity contribution >= 4 is 28.5 Å². The van der Waals surface area contributed by atoms with E-state index in [0.29, 0.717) is 5.69 Å². The topological polar surface area (TPSA) is 64.1 Å². The van der Waals surface area contributed by atoms with Gasteiger partial charge in [-0.2, -0.15) is 11.8 Å². The summed E-state index contributed by atoms with van der Waals surface area (Å²) < 4.78 is 2.09. The van der Waals surface area contributed by atoms with Crippen LogP contribution in [-0.4, -0.2) is 26.7 Å². The van der Waals surface area contributed by atoms with E-state index in [-0.39, 0.29) is 6.61 Å². The molecule has 0 saturated heterocycles. The lowest BCUT2D eigenvalue weighted by Gasteiger charge is -2.07. The zero-order valence-electron chi connectivity index (χ0n) is 10.6. The number of imidazole rings is 1. The van der Waals surface area contributed by atoms with Crippen LogP contribution in [0, 0.1) is 0 Å². The predicted octanol–water partition coefficient (Wildman–Crippen LogP) is 2.25. The molecule has 0 radical (unpaired) electrons. The number of unbranched alkanes of at least 4 members (excludes halogenated alkanes) is 1. The van der Waals surface area contributed by atoms with E-state index in [1.165, 1.54) is 12.2 Å². The van der Waals surface area contributed by atoms with Gasteiger partial charge in [0.2, 0.25) is 0 Å². The molecule has 0 amide bonds. The fourth-order valence-electron chi connectivity index (χ4n) is 2.08. The van der Waals surface area contributed by atoms with E-state index in [2.05, 4.69) is 15.8 Å². The number of rotatable bonds is 6. The van der Waals surface area contributed by atoms with Crippen LogP contribution in [0.4, 0.5) is 5.69 Å². The van der Waals surface area contributed by atoms with Gasteiger partial charge in [-0.3, -0.25) is 0 Å². The molecule has 2 rings (SSSR count). The molecule has 3 N–H and O–H groups in total. The monoisotopic (exact) mass is 265 g/mol. The molecule has 1 aromatic heterocycles. The molecule has 1 heterocycles. The van der Waals surface area contributed by atoms with E-state index in [1.54, 1.807) is 0 Å². The summed E-state index contributed by atoms with van der Waals surface area (Å²) in [5.41, 5.74) is 8.38. The average Bonchev–Trinajstić information content (AvgIpc) is 2.71. The highest BCUT2D eigenvalue weighted by atomic mass is 32.2. The van der Waals surface area contributed by atoms with Crippen LogP contribution >= 0.6 is 11.8 Å². The highest BCUT2D eigenvalue weighted by molar-refractivity contribution is 7.98. The summed E-state index contributed by atoms with van der Waals surface area (Å²) in [5, 5.41) is 9.37. The number of hydrogen-bond donors (Lipinski definition) is 2. The number of thioether (sulfide) groups is 1. The first-order valence-electron chi connectivity index (χ1n) is 6.10. The number of anilines is 1. The van der Waals surface area contributed by atoms with Crippen molar-refractivity contribution in [1.29, 1.82) is 0 Å². The predicted molar refractivity (Wildman–Crippen MR) is 77.7 cm³/mol. The van der Waals surface area contributed by atoms with Crippen molar-refractivity contribution in [3.8, 4) is 0 Å². The summed E-state index contributed by atoms with van der Waals surface area (Å²) in [6.07, 6.45) is 4.40. The fourth-order valence-corrected chi connectivity index (χ4v) is 2.58. The van der Waals surface area contributed by atoms with Gasteiger partial charge in [-0.05, 0) is 43.0 Å². The standard InChI is InChI=1S/C13H19N3OS/c1-18-7-3-2-6-16-12-5-4-10(14)8-11(12)15-13(16)9-17/h4-5,8,17H,2-3,6-7,9,14H2,1H3. The lowest BCUT2D eigenvalue weighted by molar-refractivity contribution is 0.265. The minimum Gasteiger partial charge on any atom is -0.399 e. The number of nitrogens with two attached hydrogens (primary N) is 1. The Morgan fingerprint density at radius 3 is 2.94 bits per heavy atom. The first-order chi connectivity index (χ1) is 8.76. The number of aliphatic hydroxyl groups is 1. The molecular formula is C13H19N3OS. The van der Waals surface area contributed by atoms with Crippen LogP contribution in [0.1, 0.15) is 18.7 Å². The van der Waals surface area contributed by atoms with Crippen LogP contribution in [-0.2, 0) is 13.2 Å². The Bertz CT molecular complexity index is 524. The van der Waals surface area contributed by atoms with Gasteiger partial charge in [-0.25, -0.2) is 4.98 Å². The third-order valence-electron chi connectivity index (χ3n) is 2.97. The molecule has 4 nitrogen and oxygen atoms in total. The van der Waals surface area contributed by atoms with E-state index >= 15 is 0 Å². The summed E-state index contributed by atoms with van der Waals surface area (Å²) in [7, 11) is 0. The summed E-state index contributed by atoms with van der Waals surface area (Å²) in [6, 6.07) is 5.71. The maximum Gasteiger partial charge on any atom is 0.135 e. The molecule has 0 bridgehead atoms. The largest absolute Gasteiger partial charge is 0.399 e. The van der Waals surface area contributed by atoms with Crippen molar-refractivity contribution in [1.82, 2.24) is 9.55 Å². The number of hydrogen-bond acceptors (Lipinski definition) is 4. The average molecular weight is 265 g/mol. The molecule has 1 aromatic carbocycles. The molecule has 0 aliphatic heterocycles. The molecule has 0 fully saturated rings. The van der Waals surface area contributed by atoms with Crippen molar-refractivity contribution in [3.63, 3.8) is 0 Å². The SMILES string of the molecule is CSCCCCn1c(CO)nc2cc(N)ccc21. The molecule has 2 aromatic rings. The number of aliphatic hydroxyl groups excluding tert-OH is 1. The second-order valence-electron chi connectivity index (χ2n) is 4.29. The number of aromatic nitrogens is 2. The maximum atomic E-state index is 9.37. The lowest BCUT2D eigenvalue weighted by Crippen LogP contribution is -2.04. The normalized spacial score (nSPS) is 11.2. The van der Waals surface area contributed by atoms with E-state index < -0.39 is 0 Å². The molecule has 0 unspecified atom stereocenters. The Morgan fingerprint density at radius 2 is 2.22 bits per heavy atom. The maximum absolute atomic E-state index is 9.37. The van der Waals surface area contributed by atoms with Gasteiger partial charge in [-0.15, -0.1) is 0 Å². The number of aryl methyl sites for hydroxylation is 1.